The second-order valence-corrected chi connectivity index (χ2v) is 8.23. The van der Waals surface area contributed by atoms with Crippen LogP contribution in [-0.2, 0) is 9.59 Å². The summed E-state index contributed by atoms with van der Waals surface area (Å²) in [6.45, 7) is 5.89. The lowest BCUT2D eigenvalue weighted by Crippen LogP contribution is -2.31. The maximum absolute atomic E-state index is 11.9. The summed E-state index contributed by atoms with van der Waals surface area (Å²) in [7, 11) is 0. The SMILES string of the molecule is CCCC(Oc1c(I)cc(I)c(N(CC)C(C)=O)c1I)C(=O)O. The largest absolute Gasteiger partial charge is 0.479 e. The molecule has 0 bridgehead atoms. The molecule has 0 spiro atoms. The zero-order valence-corrected chi connectivity index (χ0v) is 19.5. The Morgan fingerprint density at radius 2 is 1.87 bits per heavy atom. The Morgan fingerprint density at radius 1 is 1.26 bits per heavy atom. The highest BCUT2D eigenvalue weighted by molar-refractivity contribution is 14.1. The average Bonchev–Trinajstić information content (AvgIpc) is 2.45. The van der Waals surface area contributed by atoms with Crippen molar-refractivity contribution >= 4 is 85.3 Å². The number of carbonyl (C=O) groups excluding carboxylic acids is 1. The Hall–Kier alpha value is 0.150. The lowest BCUT2D eigenvalue weighted by molar-refractivity contribution is -0.145. The zero-order valence-electron chi connectivity index (χ0n) is 13.0. The molecular weight excluding hydrogens is 639 g/mol. The van der Waals surface area contributed by atoms with Gasteiger partial charge in [-0.15, -0.1) is 0 Å². The first kappa shape index (κ1) is 21.2. The van der Waals surface area contributed by atoms with Crippen LogP contribution in [-0.4, -0.2) is 29.6 Å². The van der Waals surface area contributed by atoms with Gasteiger partial charge in [-0.25, -0.2) is 4.79 Å². The molecule has 0 aliphatic carbocycles. The number of carboxylic acids is 1. The van der Waals surface area contributed by atoms with E-state index in [1.807, 2.05) is 19.9 Å². The second kappa shape index (κ2) is 9.59. The van der Waals surface area contributed by atoms with E-state index < -0.39 is 12.1 Å². The number of carboxylic acid groups (broad SMARTS) is 1. The standard InChI is InChI=1S/C15H18I3NO4/c1-4-6-11(15(21)22)23-14-10(17)7-9(16)13(12(14)18)19(5-2)8(3)20/h7,11H,4-6H2,1-3H3,(H,21,22). The van der Waals surface area contributed by atoms with E-state index in [0.717, 1.165) is 22.8 Å². The van der Waals surface area contributed by atoms with Crippen molar-refractivity contribution in [3.8, 4) is 5.75 Å². The Bertz CT molecular complexity index is 607. The average molecular weight is 657 g/mol. The van der Waals surface area contributed by atoms with Crippen molar-refractivity contribution in [1.82, 2.24) is 0 Å². The van der Waals surface area contributed by atoms with Gasteiger partial charge in [0.15, 0.2) is 6.10 Å². The molecule has 8 heteroatoms. The monoisotopic (exact) mass is 657 g/mol. The molecule has 1 aromatic rings. The fourth-order valence-corrected chi connectivity index (χ4v) is 6.30. The minimum absolute atomic E-state index is 0.0566. The molecule has 0 aliphatic heterocycles. The van der Waals surface area contributed by atoms with E-state index in [0.29, 0.717) is 18.7 Å². The smallest absolute Gasteiger partial charge is 0.344 e. The fourth-order valence-electron chi connectivity index (χ4n) is 2.09. The highest BCUT2D eigenvalue weighted by atomic mass is 127. The lowest BCUT2D eigenvalue weighted by atomic mass is 10.2. The molecule has 23 heavy (non-hydrogen) atoms. The summed E-state index contributed by atoms with van der Waals surface area (Å²) in [6.07, 6.45) is 0.269. The van der Waals surface area contributed by atoms with Gasteiger partial charge in [-0.1, -0.05) is 13.3 Å². The molecule has 1 rings (SSSR count). The predicted octanol–water partition coefficient (Wildman–Crippen LogP) is 4.51. The predicted molar refractivity (Wildman–Crippen MR) is 115 cm³/mol. The third-order valence-corrected chi connectivity index (χ3v) is 5.78. The fraction of sp³-hybridized carbons (Fsp3) is 0.467. The van der Waals surface area contributed by atoms with Crippen molar-refractivity contribution in [3.05, 3.63) is 16.8 Å². The molecular formula is C15H18I3NO4. The Kier molecular flexibility index (Phi) is 8.83. The Morgan fingerprint density at radius 3 is 2.30 bits per heavy atom. The van der Waals surface area contributed by atoms with Crippen LogP contribution in [0.3, 0.4) is 0 Å². The molecule has 0 aromatic heterocycles. The molecule has 0 saturated carbocycles. The number of anilines is 1. The number of nitrogens with zero attached hydrogens (tertiary/aromatic N) is 1. The van der Waals surface area contributed by atoms with E-state index in [4.69, 9.17) is 4.74 Å². The van der Waals surface area contributed by atoms with Crippen LogP contribution in [0.15, 0.2) is 6.07 Å². The first-order valence-corrected chi connectivity index (χ1v) is 10.3. The molecule has 128 valence electrons. The Balaban J connectivity index is 3.38. The quantitative estimate of drug-likeness (QED) is 0.439. The maximum atomic E-state index is 11.9. The van der Waals surface area contributed by atoms with Gasteiger partial charge in [-0.3, -0.25) is 4.79 Å². The van der Waals surface area contributed by atoms with Gasteiger partial charge in [0.05, 0.1) is 12.8 Å². The van der Waals surface area contributed by atoms with Gasteiger partial charge in [-0.05, 0) is 87.2 Å². The van der Waals surface area contributed by atoms with E-state index in [-0.39, 0.29) is 5.91 Å². The number of rotatable bonds is 7. The van der Waals surface area contributed by atoms with Gasteiger partial charge in [0.2, 0.25) is 5.91 Å². The third kappa shape index (κ3) is 5.31. The molecule has 0 fully saturated rings. The van der Waals surface area contributed by atoms with Gasteiger partial charge < -0.3 is 14.7 Å². The number of carbonyl (C=O) groups is 2. The molecule has 1 N–H and O–H groups in total. The maximum Gasteiger partial charge on any atom is 0.344 e. The molecule has 1 amide bonds. The lowest BCUT2D eigenvalue weighted by Gasteiger charge is -2.25. The number of ether oxygens (including phenoxy) is 1. The molecule has 0 saturated heterocycles. The summed E-state index contributed by atoms with van der Waals surface area (Å²) in [5, 5.41) is 9.32. The number of hydrogen-bond acceptors (Lipinski definition) is 3. The van der Waals surface area contributed by atoms with Crippen molar-refractivity contribution in [2.24, 2.45) is 0 Å². The van der Waals surface area contributed by atoms with Crippen LogP contribution in [0.4, 0.5) is 5.69 Å². The highest BCUT2D eigenvalue weighted by Crippen LogP contribution is 2.39. The number of halogens is 3. The molecule has 1 aromatic carbocycles. The van der Waals surface area contributed by atoms with Crippen molar-refractivity contribution in [1.29, 1.82) is 0 Å². The molecule has 5 nitrogen and oxygen atoms in total. The molecule has 0 aliphatic rings. The summed E-state index contributed by atoms with van der Waals surface area (Å²) in [5.74, 6) is -0.501. The number of aliphatic carboxylic acids is 1. The highest BCUT2D eigenvalue weighted by Gasteiger charge is 2.26. The van der Waals surface area contributed by atoms with Crippen LogP contribution >= 0.6 is 67.8 Å². The third-order valence-electron chi connectivity index (χ3n) is 3.16. The summed E-state index contributed by atoms with van der Waals surface area (Å²) < 4.78 is 8.32. The molecule has 1 unspecified atom stereocenters. The van der Waals surface area contributed by atoms with Crippen LogP contribution in [0.1, 0.15) is 33.6 Å². The van der Waals surface area contributed by atoms with E-state index in [2.05, 4.69) is 67.8 Å². The van der Waals surface area contributed by atoms with Crippen LogP contribution in [0.5, 0.6) is 5.75 Å². The summed E-state index contributed by atoms with van der Waals surface area (Å²) >= 11 is 6.45. The van der Waals surface area contributed by atoms with Gasteiger partial charge in [0.1, 0.15) is 5.75 Å². The first-order valence-electron chi connectivity index (χ1n) is 7.09. The number of hydrogen-bond donors (Lipinski definition) is 1. The van der Waals surface area contributed by atoms with E-state index in [1.165, 1.54) is 6.92 Å². The van der Waals surface area contributed by atoms with Gasteiger partial charge in [0.25, 0.3) is 0 Å². The minimum Gasteiger partial charge on any atom is -0.479 e. The number of amides is 1. The summed E-state index contributed by atoms with van der Waals surface area (Å²) in [6, 6.07) is 1.91. The second-order valence-electron chi connectivity index (χ2n) is 4.83. The Labute approximate surface area is 176 Å². The van der Waals surface area contributed by atoms with Crippen molar-refractivity contribution in [2.45, 2.75) is 39.7 Å². The normalized spacial score (nSPS) is 11.9. The minimum atomic E-state index is -0.975. The van der Waals surface area contributed by atoms with Crippen LogP contribution in [0.2, 0.25) is 0 Å². The topological polar surface area (TPSA) is 66.8 Å². The van der Waals surface area contributed by atoms with E-state index in [1.54, 1.807) is 4.90 Å². The van der Waals surface area contributed by atoms with E-state index >= 15 is 0 Å². The van der Waals surface area contributed by atoms with Crippen LogP contribution in [0, 0.1) is 10.7 Å². The van der Waals surface area contributed by atoms with Gasteiger partial charge in [-0.2, -0.15) is 0 Å². The number of benzene rings is 1. The van der Waals surface area contributed by atoms with Gasteiger partial charge in [0, 0.05) is 17.0 Å². The summed E-state index contributed by atoms with van der Waals surface area (Å²) in [4.78, 5) is 24.9. The zero-order chi connectivity index (χ0) is 17.7. The molecule has 1 atom stereocenters. The van der Waals surface area contributed by atoms with Gasteiger partial charge >= 0.3 is 5.97 Å². The van der Waals surface area contributed by atoms with E-state index in [9.17, 15) is 14.7 Å². The van der Waals surface area contributed by atoms with Crippen LogP contribution in [0.25, 0.3) is 0 Å². The molecule has 0 radical (unpaired) electrons. The van der Waals surface area contributed by atoms with Crippen molar-refractivity contribution in [3.63, 3.8) is 0 Å². The summed E-state index contributed by atoms with van der Waals surface area (Å²) in [5.41, 5.74) is 0.775. The molecule has 0 heterocycles. The van der Waals surface area contributed by atoms with Crippen molar-refractivity contribution < 1.29 is 19.4 Å². The first-order chi connectivity index (χ1) is 10.7. The van der Waals surface area contributed by atoms with Crippen LogP contribution < -0.4 is 9.64 Å². The van der Waals surface area contributed by atoms with Crippen molar-refractivity contribution in [2.75, 3.05) is 11.4 Å².